The molecule has 6 atom stereocenters. The van der Waals surface area contributed by atoms with Crippen molar-refractivity contribution in [1.29, 1.82) is 0 Å². The fourth-order valence-electron chi connectivity index (χ4n) is 6.04. The van der Waals surface area contributed by atoms with Crippen LogP contribution in [-0.2, 0) is 38.9 Å². The highest BCUT2D eigenvalue weighted by molar-refractivity contribution is 6.00. The Morgan fingerprint density at radius 2 is 1.36 bits per heavy atom. The molecule has 0 spiro atoms. The number of carbonyl (C=O) groups excluding carboxylic acids is 3. The van der Waals surface area contributed by atoms with Crippen LogP contribution in [0.25, 0.3) is 0 Å². The zero-order valence-corrected chi connectivity index (χ0v) is 25.8. The molecular weight excluding hydrogens is 553 g/mol. The summed E-state index contributed by atoms with van der Waals surface area (Å²) in [6, 6.07) is 6.53. The predicted molar refractivity (Wildman–Crippen MR) is 149 cm³/mol. The molecule has 1 aromatic rings. The maximum Gasteiger partial charge on any atom is 0.432 e. The van der Waals surface area contributed by atoms with E-state index in [0.29, 0.717) is 0 Å². The zero-order chi connectivity index (χ0) is 31.9. The minimum atomic E-state index is -5.19. The summed E-state index contributed by atoms with van der Waals surface area (Å²) < 4.78 is 66.4. The smallest absolute Gasteiger partial charge is 0.432 e. The van der Waals surface area contributed by atoms with Crippen LogP contribution >= 0.6 is 0 Å². The summed E-state index contributed by atoms with van der Waals surface area (Å²) >= 11 is 0. The molecule has 2 aliphatic rings. The normalized spacial score (nSPS) is 27.3. The molecule has 0 radical (unpaired) electrons. The van der Waals surface area contributed by atoms with Crippen molar-refractivity contribution in [3.05, 3.63) is 48.0 Å². The van der Waals surface area contributed by atoms with Gasteiger partial charge >= 0.3 is 24.1 Å². The Bertz CT molecular complexity index is 1150. The van der Waals surface area contributed by atoms with E-state index in [1.807, 2.05) is 26.0 Å². The first-order valence-corrected chi connectivity index (χ1v) is 14.2. The van der Waals surface area contributed by atoms with Crippen LogP contribution in [0.3, 0.4) is 0 Å². The highest BCUT2D eigenvalue weighted by atomic mass is 19.4. The summed E-state index contributed by atoms with van der Waals surface area (Å²) in [7, 11) is 0.797. The second-order valence-electron chi connectivity index (χ2n) is 13.5. The summed E-state index contributed by atoms with van der Waals surface area (Å²) in [6.45, 7) is 13.8. The van der Waals surface area contributed by atoms with Gasteiger partial charge in [-0.15, -0.1) is 0 Å². The maximum absolute atomic E-state index is 14.7. The Kier molecular flexibility index (Phi) is 9.33. The first-order valence-electron chi connectivity index (χ1n) is 14.2. The van der Waals surface area contributed by atoms with Crippen LogP contribution in [0.5, 0.6) is 0 Å². The number of hydrogen-bond donors (Lipinski definition) is 0. The molecule has 0 N–H and O–H groups in total. The third kappa shape index (κ3) is 6.53. The van der Waals surface area contributed by atoms with E-state index in [0.717, 1.165) is 19.2 Å². The number of carbonyl (C=O) groups is 3. The van der Waals surface area contributed by atoms with E-state index in [9.17, 15) is 27.6 Å². The lowest BCUT2D eigenvalue weighted by Gasteiger charge is -2.50. The van der Waals surface area contributed by atoms with Crippen LogP contribution in [0.2, 0.25) is 0 Å². The molecule has 2 aliphatic carbocycles. The molecule has 3 rings (SSSR count). The number of benzene rings is 1. The number of fused-ring (bicyclic) bond motifs is 1. The van der Waals surface area contributed by atoms with E-state index in [2.05, 4.69) is 0 Å². The molecule has 10 heteroatoms. The Hall–Kier alpha value is -2.88. The predicted octanol–water partition coefficient (Wildman–Crippen LogP) is 6.54. The van der Waals surface area contributed by atoms with Crippen LogP contribution in [0.1, 0.15) is 73.8 Å². The number of methoxy groups -OCH3 is 1. The van der Waals surface area contributed by atoms with Crippen molar-refractivity contribution in [2.45, 2.75) is 97.3 Å². The third-order valence-corrected chi connectivity index (χ3v) is 8.17. The first kappa shape index (κ1) is 33.6. The lowest BCUT2D eigenvalue weighted by molar-refractivity contribution is -0.281. The van der Waals surface area contributed by atoms with E-state index < -0.39 is 76.2 Å². The molecular formula is C32H43F3O7. The fraction of sp³-hybridized carbons (Fsp3) is 0.656. The minimum Gasteiger partial charge on any atom is -0.459 e. The SMILES string of the molecule is CO[C@@](C(=O)O[C@@H]1CC(C(=O)OC(C)(C)C)(C(=O)OC(C)(C)C)C[C@@H]2C=C[C@H](C)[C@H](C)[C@H]21)(c1ccccc1)C(F)(F)F. The van der Waals surface area contributed by atoms with Gasteiger partial charge in [-0.3, -0.25) is 9.59 Å². The van der Waals surface area contributed by atoms with Crippen LogP contribution in [-0.4, -0.2) is 48.5 Å². The van der Waals surface area contributed by atoms with Gasteiger partial charge in [-0.05, 0) is 65.7 Å². The van der Waals surface area contributed by atoms with Gasteiger partial charge in [0.25, 0.3) is 5.60 Å². The van der Waals surface area contributed by atoms with E-state index in [4.69, 9.17) is 18.9 Å². The van der Waals surface area contributed by atoms with Crippen molar-refractivity contribution in [3.8, 4) is 0 Å². The van der Waals surface area contributed by atoms with Crippen LogP contribution in [0.4, 0.5) is 13.2 Å². The lowest BCUT2D eigenvalue weighted by Crippen LogP contribution is -2.59. The van der Waals surface area contributed by atoms with Gasteiger partial charge < -0.3 is 18.9 Å². The molecule has 234 valence electrons. The van der Waals surface area contributed by atoms with Crippen LogP contribution < -0.4 is 0 Å². The third-order valence-electron chi connectivity index (χ3n) is 8.17. The molecule has 0 heterocycles. The summed E-state index contributed by atoms with van der Waals surface area (Å²) in [5.41, 5.74) is -7.77. The van der Waals surface area contributed by atoms with Gasteiger partial charge in [0.15, 0.2) is 5.41 Å². The average Bonchev–Trinajstić information content (AvgIpc) is 2.84. The van der Waals surface area contributed by atoms with Crippen molar-refractivity contribution in [3.63, 3.8) is 0 Å². The van der Waals surface area contributed by atoms with E-state index in [1.165, 1.54) is 18.2 Å². The highest BCUT2D eigenvalue weighted by Gasteiger charge is 2.66. The molecule has 0 aromatic heterocycles. The molecule has 42 heavy (non-hydrogen) atoms. The monoisotopic (exact) mass is 596 g/mol. The quantitative estimate of drug-likeness (QED) is 0.159. The molecule has 1 saturated carbocycles. The number of allylic oxidation sites excluding steroid dienone is 2. The Morgan fingerprint density at radius 3 is 1.81 bits per heavy atom. The van der Waals surface area contributed by atoms with E-state index >= 15 is 0 Å². The van der Waals surface area contributed by atoms with Crippen molar-refractivity contribution in [1.82, 2.24) is 0 Å². The number of rotatable bonds is 6. The Morgan fingerprint density at radius 1 is 0.833 bits per heavy atom. The minimum absolute atomic E-state index is 0.00349. The number of esters is 3. The van der Waals surface area contributed by atoms with Gasteiger partial charge in [0.05, 0.1) is 0 Å². The lowest BCUT2D eigenvalue weighted by atomic mass is 9.57. The summed E-state index contributed by atoms with van der Waals surface area (Å²) in [6.07, 6.45) is -3.06. The van der Waals surface area contributed by atoms with Crippen molar-refractivity contribution in [2.24, 2.45) is 29.1 Å². The van der Waals surface area contributed by atoms with Crippen LogP contribution in [0.15, 0.2) is 42.5 Å². The summed E-state index contributed by atoms with van der Waals surface area (Å²) in [5, 5.41) is 0. The number of hydrogen-bond acceptors (Lipinski definition) is 7. The molecule has 0 saturated heterocycles. The van der Waals surface area contributed by atoms with Gasteiger partial charge in [0, 0.05) is 25.0 Å². The van der Waals surface area contributed by atoms with Crippen LogP contribution in [0, 0.1) is 29.1 Å². The molecule has 1 aromatic carbocycles. The number of ether oxygens (including phenoxy) is 4. The largest absolute Gasteiger partial charge is 0.459 e. The Balaban J connectivity index is 2.18. The van der Waals surface area contributed by atoms with Gasteiger partial charge in [-0.25, -0.2) is 4.79 Å². The van der Waals surface area contributed by atoms with Crippen molar-refractivity contribution < 1.29 is 46.5 Å². The number of halogens is 3. The average molecular weight is 597 g/mol. The highest BCUT2D eigenvalue weighted by Crippen LogP contribution is 2.53. The van der Waals surface area contributed by atoms with Crippen molar-refractivity contribution in [2.75, 3.05) is 7.11 Å². The standard InChI is InChI=1S/C32H43F3O7/c1-19-15-16-21-17-30(25(36)41-28(3,4)5,26(37)42-29(6,7)8)18-23(24(21)20(19)2)40-27(38)31(39-9,32(33,34)35)22-13-11-10-12-14-22/h10-16,19-21,23-24H,17-18H2,1-9H3/t19-,20-,21-,23+,24+,31+/m0/s1. The summed E-state index contributed by atoms with van der Waals surface area (Å²) in [5.74, 6) is -4.53. The fourth-order valence-corrected chi connectivity index (χ4v) is 6.04. The van der Waals surface area contributed by atoms with Gasteiger partial charge in [-0.2, -0.15) is 13.2 Å². The van der Waals surface area contributed by atoms with Gasteiger partial charge in [0.2, 0.25) is 0 Å². The van der Waals surface area contributed by atoms with Crippen molar-refractivity contribution >= 4 is 17.9 Å². The molecule has 0 aliphatic heterocycles. The topological polar surface area (TPSA) is 88.1 Å². The number of alkyl halides is 3. The molecule has 0 bridgehead atoms. The Labute approximate surface area is 246 Å². The first-order chi connectivity index (χ1) is 19.2. The molecule has 0 amide bonds. The second kappa shape index (κ2) is 11.7. The zero-order valence-electron chi connectivity index (χ0n) is 25.8. The molecule has 1 fully saturated rings. The second-order valence-corrected chi connectivity index (χ2v) is 13.5. The van der Waals surface area contributed by atoms with E-state index in [-0.39, 0.29) is 18.3 Å². The maximum atomic E-state index is 14.7. The summed E-state index contributed by atoms with van der Waals surface area (Å²) in [4.78, 5) is 41.5. The molecule has 7 nitrogen and oxygen atoms in total. The van der Waals surface area contributed by atoms with Gasteiger partial charge in [0.1, 0.15) is 17.3 Å². The molecule has 0 unspecified atom stereocenters. The van der Waals surface area contributed by atoms with E-state index in [1.54, 1.807) is 41.5 Å². The van der Waals surface area contributed by atoms with Gasteiger partial charge in [-0.1, -0.05) is 56.3 Å².